The third-order valence-corrected chi connectivity index (χ3v) is 6.00. The Morgan fingerprint density at radius 3 is 2.66 bits per heavy atom. The van der Waals surface area contributed by atoms with Gasteiger partial charge in [0.25, 0.3) is 5.91 Å². The highest BCUT2D eigenvalue weighted by atomic mass is 35.5. The molecule has 1 amide bonds. The predicted molar refractivity (Wildman–Crippen MR) is 120 cm³/mol. The number of nitrogens with zero attached hydrogens (tertiary/aromatic N) is 2. The van der Waals surface area contributed by atoms with Gasteiger partial charge in [0.1, 0.15) is 11.5 Å². The number of phenolic OH excluding ortho intramolecular Hbond substituents is 2. The summed E-state index contributed by atoms with van der Waals surface area (Å²) in [6.07, 6.45) is 0. The zero-order valence-corrected chi connectivity index (χ0v) is 18.5. The highest BCUT2D eigenvalue weighted by Crippen LogP contribution is 2.43. The van der Waals surface area contributed by atoms with Crippen molar-refractivity contribution in [2.24, 2.45) is 0 Å². The van der Waals surface area contributed by atoms with Gasteiger partial charge in [-0.15, -0.1) is 0 Å². The number of ether oxygens (including phenoxy) is 1. The van der Waals surface area contributed by atoms with Crippen molar-refractivity contribution in [2.45, 2.75) is 13.0 Å². The van der Waals surface area contributed by atoms with Gasteiger partial charge in [0, 0.05) is 32.2 Å². The van der Waals surface area contributed by atoms with E-state index in [1.807, 2.05) is 24.3 Å². The number of hydrogen-bond acceptors (Lipinski definition) is 7. The Kier molecular flexibility index (Phi) is 6.36. The molecule has 9 heteroatoms. The molecule has 0 saturated carbocycles. The minimum absolute atomic E-state index is 0.0383. The van der Waals surface area contributed by atoms with Crippen LogP contribution < -0.4 is 5.32 Å². The second-order valence-corrected chi connectivity index (χ2v) is 7.99. The number of morpholine rings is 1. The van der Waals surface area contributed by atoms with Crippen LogP contribution in [0.2, 0.25) is 5.02 Å². The number of hydrogen-bond donors (Lipinski definition) is 3. The summed E-state index contributed by atoms with van der Waals surface area (Å²) in [5.74, 6) is -0.752. The van der Waals surface area contributed by atoms with Crippen molar-refractivity contribution in [3.05, 3.63) is 52.7 Å². The normalized spacial score (nSPS) is 15.5. The molecule has 168 valence electrons. The average molecular weight is 458 g/mol. The van der Waals surface area contributed by atoms with Gasteiger partial charge in [0.2, 0.25) is 0 Å². The van der Waals surface area contributed by atoms with Crippen molar-refractivity contribution in [2.75, 3.05) is 33.4 Å². The number of aromatic nitrogens is 1. The summed E-state index contributed by atoms with van der Waals surface area (Å²) in [7, 11) is 1.51. The molecule has 1 unspecified atom stereocenters. The van der Waals surface area contributed by atoms with E-state index in [0.717, 1.165) is 24.7 Å². The minimum Gasteiger partial charge on any atom is -0.507 e. The van der Waals surface area contributed by atoms with Crippen LogP contribution in [0, 0.1) is 0 Å². The van der Waals surface area contributed by atoms with Gasteiger partial charge in [-0.25, -0.2) is 0 Å². The van der Waals surface area contributed by atoms with Crippen molar-refractivity contribution in [3.63, 3.8) is 0 Å². The highest BCUT2D eigenvalue weighted by Gasteiger charge is 2.27. The quantitative estimate of drug-likeness (QED) is 0.534. The van der Waals surface area contributed by atoms with Gasteiger partial charge in [-0.05, 0) is 30.2 Å². The van der Waals surface area contributed by atoms with E-state index < -0.39 is 5.91 Å². The van der Waals surface area contributed by atoms with Gasteiger partial charge in [-0.3, -0.25) is 9.69 Å². The number of phenols is 2. The molecule has 0 bridgehead atoms. The summed E-state index contributed by atoms with van der Waals surface area (Å²) in [6.45, 7) is 5.20. The Morgan fingerprint density at radius 1 is 1.19 bits per heavy atom. The lowest BCUT2D eigenvalue weighted by Gasteiger charge is -2.32. The molecule has 0 radical (unpaired) electrons. The van der Waals surface area contributed by atoms with Gasteiger partial charge in [-0.2, -0.15) is 0 Å². The maximum absolute atomic E-state index is 12.5. The van der Waals surface area contributed by atoms with Crippen LogP contribution in [-0.2, 0) is 4.74 Å². The standard InChI is InChI=1S/C23H24ClN3O5/c1-13(27-6-8-31-9-7-27)14-4-3-5-15(10-14)20-21(23(30)25-2)26-32-22(20)16-11-17(24)19(29)12-18(16)28/h3-5,10-13,28-29H,6-9H2,1-2H3,(H,25,30). The molecule has 1 aromatic heterocycles. The number of halogens is 1. The fourth-order valence-electron chi connectivity index (χ4n) is 3.88. The van der Waals surface area contributed by atoms with Gasteiger partial charge < -0.3 is 24.8 Å². The predicted octanol–water partition coefficient (Wildman–Crippen LogP) is 3.83. The molecule has 0 spiro atoms. The lowest BCUT2D eigenvalue weighted by molar-refractivity contribution is 0.0199. The Bertz CT molecular complexity index is 1140. The largest absolute Gasteiger partial charge is 0.507 e. The number of nitrogens with one attached hydrogen (secondary N) is 1. The summed E-state index contributed by atoms with van der Waals surface area (Å²) in [4.78, 5) is 14.9. The van der Waals surface area contributed by atoms with Gasteiger partial charge in [0.15, 0.2) is 11.5 Å². The number of aromatic hydroxyl groups is 2. The summed E-state index contributed by atoms with van der Waals surface area (Å²) >= 11 is 6.07. The molecule has 4 rings (SSSR count). The first-order valence-corrected chi connectivity index (χ1v) is 10.6. The van der Waals surface area contributed by atoms with Crippen LogP contribution in [0.4, 0.5) is 0 Å². The van der Waals surface area contributed by atoms with Crippen LogP contribution >= 0.6 is 11.6 Å². The van der Waals surface area contributed by atoms with E-state index in [-0.39, 0.29) is 39.6 Å². The molecule has 0 aliphatic carbocycles. The first kappa shape index (κ1) is 22.1. The molecule has 1 fully saturated rings. The third kappa shape index (κ3) is 4.17. The molecule has 1 atom stereocenters. The zero-order valence-electron chi connectivity index (χ0n) is 17.8. The molecule has 2 aromatic carbocycles. The molecule has 3 aromatic rings. The molecular weight excluding hydrogens is 434 g/mol. The van der Waals surface area contributed by atoms with Gasteiger partial charge >= 0.3 is 0 Å². The van der Waals surface area contributed by atoms with Crippen molar-refractivity contribution in [3.8, 4) is 33.9 Å². The summed E-state index contributed by atoms with van der Waals surface area (Å²) in [5.41, 5.74) is 2.50. The van der Waals surface area contributed by atoms with Crippen LogP contribution in [0.25, 0.3) is 22.5 Å². The Balaban J connectivity index is 1.83. The van der Waals surface area contributed by atoms with E-state index in [9.17, 15) is 15.0 Å². The van der Waals surface area contributed by atoms with Crippen LogP contribution in [0.3, 0.4) is 0 Å². The molecule has 3 N–H and O–H groups in total. The number of benzene rings is 2. The first-order valence-electron chi connectivity index (χ1n) is 10.3. The number of rotatable bonds is 5. The first-order chi connectivity index (χ1) is 15.4. The zero-order chi connectivity index (χ0) is 22.8. The minimum atomic E-state index is -0.425. The van der Waals surface area contributed by atoms with Crippen LogP contribution in [-0.4, -0.2) is 59.5 Å². The van der Waals surface area contributed by atoms with Crippen molar-refractivity contribution in [1.29, 1.82) is 0 Å². The second kappa shape index (κ2) is 9.20. The number of carbonyl (C=O) groups is 1. The molecule has 1 aliphatic heterocycles. The van der Waals surface area contributed by atoms with Crippen LogP contribution in [0.15, 0.2) is 40.9 Å². The Labute approximate surface area is 190 Å². The van der Waals surface area contributed by atoms with E-state index in [2.05, 4.69) is 22.3 Å². The Morgan fingerprint density at radius 2 is 1.94 bits per heavy atom. The van der Waals surface area contributed by atoms with Crippen molar-refractivity contribution >= 4 is 17.5 Å². The molecular formula is C23H24ClN3O5. The third-order valence-electron chi connectivity index (χ3n) is 5.70. The van der Waals surface area contributed by atoms with Crippen molar-refractivity contribution in [1.82, 2.24) is 15.4 Å². The van der Waals surface area contributed by atoms with Gasteiger partial charge in [-0.1, -0.05) is 35.0 Å². The van der Waals surface area contributed by atoms with E-state index >= 15 is 0 Å². The summed E-state index contributed by atoms with van der Waals surface area (Å²) in [5, 5.41) is 26.8. The van der Waals surface area contributed by atoms with Crippen LogP contribution in [0.5, 0.6) is 11.5 Å². The monoisotopic (exact) mass is 457 g/mol. The Hall–Kier alpha value is -3.07. The summed E-state index contributed by atoms with van der Waals surface area (Å²) < 4.78 is 11.0. The smallest absolute Gasteiger partial charge is 0.273 e. The van der Waals surface area contributed by atoms with E-state index in [1.165, 1.54) is 13.1 Å². The molecule has 32 heavy (non-hydrogen) atoms. The van der Waals surface area contributed by atoms with Crippen molar-refractivity contribution < 1.29 is 24.3 Å². The lowest BCUT2D eigenvalue weighted by atomic mass is 9.95. The maximum Gasteiger partial charge on any atom is 0.273 e. The van der Waals surface area contributed by atoms with Gasteiger partial charge in [0.05, 0.1) is 29.4 Å². The molecule has 1 saturated heterocycles. The second-order valence-electron chi connectivity index (χ2n) is 7.58. The number of carbonyl (C=O) groups excluding carboxylic acids is 1. The topological polar surface area (TPSA) is 108 Å². The van der Waals surface area contributed by atoms with E-state index in [0.29, 0.717) is 24.3 Å². The lowest BCUT2D eigenvalue weighted by Crippen LogP contribution is -2.38. The van der Waals surface area contributed by atoms with Crippen LogP contribution in [0.1, 0.15) is 29.0 Å². The summed E-state index contributed by atoms with van der Waals surface area (Å²) in [6, 6.07) is 10.4. The maximum atomic E-state index is 12.5. The molecule has 1 aliphatic rings. The molecule has 2 heterocycles. The number of amides is 1. The SMILES string of the molecule is CNC(=O)c1noc(-c2cc(Cl)c(O)cc2O)c1-c1cccc(C(C)N2CCOCC2)c1. The van der Waals surface area contributed by atoms with E-state index in [1.54, 1.807) is 0 Å². The highest BCUT2D eigenvalue weighted by molar-refractivity contribution is 6.32. The van der Waals surface area contributed by atoms with E-state index in [4.69, 9.17) is 20.9 Å². The average Bonchev–Trinajstić information content (AvgIpc) is 3.26. The fourth-order valence-corrected chi connectivity index (χ4v) is 4.04. The molecule has 8 nitrogen and oxygen atoms in total. The fraction of sp³-hybridized carbons (Fsp3) is 0.304.